The summed E-state index contributed by atoms with van der Waals surface area (Å²) in [6.07, 6.45) is 6.08. The summed E-state index contributed by atoms with van der Waals surface area (Å²) in [6.45, 7) is 4.84. The molecular formula is C12H20O. The van der Waals surface area contributed by atoms with Gasteiger partial charge < -0.3 is 5.11 Å². The number of hydrogen-bond donors (Lipinski definition) is 1. The second-order valence-electron chi connectivity index (χ2n) is 6.39. The van der Waals surface area contributed by atoms with Crippen LogP contribution in [-0.4, -0.2) is 10.7 Å². The Balaban J connectivity index is 1.99. The molecule has 4 fully saturated rings. The molecular weight excluding hydrogens is 160 g/mol. The van der Waals surface area contributed by atoms with Crippen molar-refractivity contribution in [3.8, 4) is 0 Å². The molecule has 4 bridgehead atoms. The molecule has 0 amide bonds. The molecule has 74 valence electrons. The van der Waals surface area contributed by atoms with Gasteiger partial charge >= 0.3 is 0 Å². The second kappa shape index (κ2) is 2.13. The van der Waals surface area contributed by atoms with Gasteiger partial charge in [-0.1, -0.05) is 13.8 Å². The zero-order chi connectivity index (χ0) is 9.27. The van der Waals surface area contributed by atoms with Gasteiger partial charge in [0.15, 0.2) is 0 Å². The Bertz CT molecular complexity index is 226. The summed E-state index contributed by atoms with van der Waals surface area (Å²) in [7, 11) is 0. The minimum Gasteiger partial charge on any atom is -0.390 e. The normalized spacial score (nSPS) is 57.0. The number of rotatable bonds is 0. The third-order valence-corrected chi connectivity index (χ3v) is 5.26. The molecule has 4 rings (SSSR count). The van der Waals surface area contributed by atoms with Crippen molar-refractivity contribution in [2.45, 2.75) is 51.6 Å². The van der Waals surface area contributed by atoms with Crippen molar-refractivity contribution in [2.24, 2.45) is 23.2 Å². The molecule has 0 heterocycles. The van der Waals surface area contributed by atoms with Gasteiger partial charge in [0.25, 0.3) is 0 Å². The Morgan fingerprint density at radius 2 is 1.54 bits per heavy atom. The summed E-state index contributed by atoms with van der Waals surface area (Å²) in [5.41, 5.74) is 0.273. The van der Waals surface area contributed by atoms with E-state index >= 15 is 0 Å². The third-order valence-electron chi connectivity index (χ3n) is 5.26. The Labute approximate surface area is 80.5 Å². The van der Waals surface area contributed by atoms with E-state index in [9.17, 15) is 5.11 Å². The first-order valence-corrected chi connectivity index (χ1v) is 5.72. The van der Waals surface area contributed by atoms with Gasteiger partial charge in [0.2, 0.25) is 0 Å². The Kier molecular flexibility index (Phi) is 1.36. The summed E-state index contributed by atoms with van der Waals surface area (Å²) in [4.78, 5) is 0. The van der Waals surface area contributed by atoms with Crippen LogP contribution >= 0.6 is 0 Å². The highest BCUT2D eigenvalue weighted by molar-refractivity contribution is 5.08. The van der Waals surface area contributed by atoms with Crippen molar-refractivity contribution in [3.63, 3.8) is 0 Å². The maximum absolute atomic E-state index is 10.3. The molecule has 0 aliphatic heterocycles. The maximum atomic E-state index is 10.3. The maximum Gasteiger partial charge on any atom is 0.0656 e. The van der Waals surface area contributed by atoms with Crippen LogP contribution in [0.1, 0.15) is 46.0 Å². The standard InChI is InChI=1S/C12H20O/c1-11(2)9-3-8-4-10(11)7-12(13,5-8)6-9/h8-10,13H,3-7H2,1-2H3/t8?,9-,10+,12?. The predicted octanol–water partition coefficient (Wildman–Crippen LogP) is 2.58. The van der Waals surface area contributed by atoms with Crippen LogP contribution in [0.5, 0.6) is 0 Å². The zero-order valence-corrected chi connectivity index (χ0v) is 8.71. The van der Waals surface area contributed by atoms with Gasteiger partial charge in [-0.2, -0.15) is 0 Å². The van der Waals surface area contributed by atoms with Crippen molar-refractivity contribution < 1.29 is 5.11 Å². The minimum atomic E-state index is -0.244. The number of aliphatic hydroxyl groups is 1. The van der Waals surface area contributed by atoms with Gasteiger partial charge in [0.05, 0.1) is 5.60 Å². The van der Waals surface area contributed by atoms with Crippen LogP contribution in [0.4, 0.5) is 0 Å². The van der Waals surface area contributed by atoms with Crippen LogP contribution < -0.4 is 0 Å². The first kappa shape index (κ1) is 8.28. The molecule has 0 aromatic rings. The molecule has 2 unspecified atom stereocenters. The topological polar surface area (TPSA) is 20.2 Å². The summed E-state index contributed by atoms with van der Waals surface area (Å²) >= 11 is 0. The number of hydrogen-bond acceptors (Lipinski definition) is 1. The molecule has 4 aliphatic rings. The Morgan fingerprint density at radius 3 is 2.00 bits per heavy atom. The fraction of sp³-hybridized carbons (Fsp3) is 1.00. The lowest BCUT2D eigenvalue weighted by Gasteiger charge is -2.62. The monoisotopic (exact) mass is 180 g/mol. The molecule has 0 radical (unpaired) electrons. The van der Waals surface area contributed by atoms with Crippen LogP contribution in [0.2, 0.25) is 0 Å². The highest BCUT2D eigenvalue weighted by Crippen LogP contribution is 2.63. The second-order valence-corrected chi connectivity index (χ2v) is 6.39. The van der Waals surface area contributed by atoms with Crippen LogP contribution in [0.3, 0.4) is 0 Å². The van der Waals surface area contributed by atoms with E-state index in [4.69, 9.17) is 0 Å². The first-order valence-electron chi connectivity index (χ1n) is 5.72. The molecule has 1 N–H and O–H groups in total. The summed E-state index contributed by atoms with van der Waals surface area (Å²) in [6, 6.07) is 0. The van der Waals surface area contributed by atoms with Crippen LogP contribution in [0.25, 0.3) is 0 Å². The van der Waals surface area contributed by atoms with Gasteiger partial charge in [-0.25, -0.2) is 0 Å². The smallest absolute Gasteiger partial charge is 0.0656 e. The molecule has 4 atom stereocenters. The first-order chi connectivity index (χ1) is 6.00. The molecule has 4 saturated carbocycles. The van der Waals surface area contributed by atoms with E-state index in [2.05, 4.69) is 13.8 Å². The highest BCUT2D eigenvalue weighted by Gasteiger charge is 2.57. The summed E-state index contributed by atoms with van der Waals surface area (Å²) < 4.78 is 0. The van der Waals surface area contributed by atoms with Crippen molar-refractivity contribution in [1.82, 2.24) is 0 Å². The molecule has 1 heteroatoms. The Hall–Kier alpha value is -0.0400. The molecule has 0 saturated heterocycles. The fourth-order valence-corrected chi connectivity index (χ4v) is 4.41. The third kappa shape index (κ3) is 0.971. The van der Waals surface area contributed by atoms with Gasteiger partial charge in [0, 0.05) is 0 Å². The lowest BCUT2D eigenvalue weighted by Crippen LogP contribution is -2.57. The molecule has 0 spiro atoms. The van der Waals surface area contributed by atoms with E-state index in [1.165, 1.54) is 12.8 Å². The highest BCUT2D eigenvalue weighted by atomic mass is 16.3. The average molecular weight is 180 g/mol. The van der Waals surface area contributed by atoms with E-state index in [0.29, 0.717) is 5.41 Å². The van der Waals surface area contributed by atoms with Crippen molar-refractivity contribution >= 4 is 0 Å². The fourth-order valence-electron chi connectivity index (χ4n) is 4.41. The van der Waals surface area contributed by atoms with Crippen LogP contribution in [-0.2, 0) is 0 Å². The van der Waals surface area contributed by atoms with E-state index < -0.39 is 0 Å². The van der Waals surface area contributed by atoms with Gasteiger partial charge in [-0.3, -0.25) is 0 Å². The molecule has 0 aromatic carbocycles. The largest absolute Gasteiger partial charge is 0.390 e. The Morgan fingerprint density at radius 1 is 1.00 bits per heavy atom. The molecule has 0 aromatic heterocycles. The van der Waals surface area contributed by atoms with E-state index in [0.717, 1.165) is 37.0 Å². The van der Waals surface area contributed by atoms with Crippen molar-refractivity contribution in [3.05, 3.63) is 0 Å². The molecule has 13 heavy (non-hydrogen) atoms. The average Bonchev–Trinajstić information content (AvgIpc) is 1.97. The lowest BCUT2D eigenvalue weighted by atomic mass is 9.45. The van der Waals surface area contributed by atoms with Gasteiger partial charge in [0.1, 0.15) is 0 Å². The zero-order valence-electron chi connectivity index (χ0n) is 8.71. The van der Waals surface area contributed by atoms with E-state index in [1.807, 2.05) is 0 Å². The summed E-state index contributed by atoms with van der Waals surface area (Å²) in [5.74, 6) is 2.48. The minimum absolute atomic E-state index is 0.244. The van der Waals surface area contributed by atoms with Gasteiger partial charge in [-0.05, 0) is 55.3 Å². The SMILES string of the molecule is CC1(C)[C@@H]2CC3C[C@H]1CC(O)(C3)C2. The lowest BCUT2D eigenvalue weighted by molar-refractivity contribution is -0.179. The van der Waals surface area contributed by atoms with Crippen molar-refractivity contribution in [2.75, 3.05) is 0 Å². The van der Waals surface area contributed by atoms with Gasteiger partial charge in [-0.15, -0.1) is 0 Å². The quantitative estimate of drug-likeness (QED) is 0.607. The van der Waals surface area contributed by atoms with Crippen molar-refractivity contribution in [1.29, 1.82) is 0 Å². The molecule has 1 nitrogen and oxygen atoms in total. The summed E-state index contributed by atoms with van der Waals surface area (Å²) in [5, 5.41) is 10.3. The van der Waals surface area contributed by atoms with Crippen LogP contribution in [0, 0.1) is 23.2 Å². The predicted molar refractivity (Wildman–Crippen MR) is 52.3 cm³/mol. The molecule has 4 aliphatic carbocycles. The van der Waals surface area contributed by atoms with E-state index in [1.54, 1.807) is 0 Å². The van der Waals surface area contributed by atoms with Crippen LogP contribution in [0.15, 0.2) is 0 Å². The van der Waals surface area contributed by atoms with E-state index in [-0.39, 0.29) is 5.60 Å².